The molecule has 2 N–H and O–H groups in total. The number of hydrogen-bond acceptors (Lipinski definition) is 3. The SMILES string of the molecule is CC(C)C(=O)c1ccc(C(C)C(=O)N[C@@H](C(=O)O)c2ccccc2)cc1. The minimum absolute atomic E-state index is 0.0451. The fraction of sp³-hybridized carbons (Fsp3) is 0.286. The van der Waals surface area contributed by atoms with Crippen LogP contribution in [0.15, 0.2) is 54.6 Å². The van der Waals surface area contributed by atoms with Crippen molar-refractivity contribution in [3.05, 3.63) is 71.3 Å². The van der Waals surface area contributed by atoms with Crippen molar-refractivity contribution >= 4 is 17.7 Å². The molecule has 136 valence electrons. The van der Waals surface area contributed by atoms with E-state index in [0.29, 0.717) is 11.1 Å². The van der Waals surface area contributed by atoms with Gasteiger partial charge in [-0.05, 0) is 18.1 Å². The zero-order valence-corrected chi connectivity index (χ0v) is 15.1. The lowest BCUT2D eigenvalue weighted by Gasteiger charge is -2.18. The van der Waals surface area contributed by atoms with E-state index in [0.717, 1.165) is 5.56 Å². The molecule has 0 bridgehead atoms. The number of carboxylic acids is 1. The summed E-state index contributed by atoms with van der Waals surface area (Å²) < 4.78 is 0. The number of rotatable bonds is 7. The zero-order chi connectivity index (χ0) is 19.3. The highest BCUT2D eigenvalue weighted by molar-refractivity contribution is 5.97. The minimum atomic E-state index is -1.12. The molecule has 2 aromatic carbocycles. The number of carbonyl (C=O) groups is 3. The highest BCUT2D eigenvalue weighted by Gasteiger charge is 2.25. The van der Waals surface area contributed by atoms with E-state index in [2.05, 4.69) is 5.32 Å². The molecule has 0 radical (unpaired) electrons. The van der Waals surface area contributed by atoms with Crippen molar-refractivity contribution in [3.63, 3.8) is 0 Å². The summed E-state index contributed by atoms with van der Waals surface area (Å²) in [6, 6.07) is 14.3. The van der Waals surface area contributed by atoms with E-state index in [4.69, 9.17) is 0 Å². The van der Waals surface area contributed by atoms with E-state index in [1.165, 1.54) is 0 Å². The molecule has 0 aromatic heterocycles. The van der Waals surface area contributed by atoms with Gasteiger partial charge in [0.2, 0.25) is 5.91 Å². The number of hydrogen-bond donors (Lipinski definition) is 2. The van der Waals surface area contributed by atoms with E-state index in [9.17, 15) is 19.5 Å². The number of amides is 1. The fourth-order valence-electron chi connectivity index (χ4n) is 2.62. The van der Waals surface area contributed by atoms with E-state index < -0.39 is 17.9 Å². The summed E-state index contributed by atoms with van der Waals surface area (Å²) in [6.07, 6.45) is 0. The Morgan fingerprint density at radius 1 is 0.846 bits per heavy atom. The quantitative estimate of drug-likeness (QED) is 0.746. The molecule has 0 saturated carbocycles. The lowest BCUT2D eigenvalue weighted by molar-refractivity contribution is -0.142. The standard InChI is InChI=1S/C21H23NO4/c1-13(2)19(23)17-11-9-15(10-12-17)14(3)20(24)22-18(21(25)26)16-7-5-4-6-8-16/h4-14,18H,1-3H3,(H,22,24)(H,25,26)/t14?,18-/m1/s1. The summed E-state index contributed by atoms with van der Waals surface area (Å²) in [5.74, 6) is -2.09. The summed E-state index contributed by atoms with van der Waals surface area (Å²) in [6.45, 7) is 5.38. The normalized spacial score (nSPS) is 13.1. The van der Waals surface area contributed by atoms with Crippen molar-refractivity contribution in [2.75, 3.05) is 0 Å². The average Bonchev–Trinajstić information content (AvgIpc) is 2.65. The van der Waals surface area contributed by atoms with Crippen LogP contribution in [0.25, 0.3) is 0 Å². The van der Waals surface area contributed by atoms with Crippen LogP contribution in [0.3, 0.4) is 0 Å². The molecule has 0 aliphatic heterocycles. The Bertz CT molecular complexity index is 781. The van der Waals surface area contributed by atoms with E-state index in [-0.39, 0.29) is 17.6 Å². The summed E-state index contributed by atoms with van der Waals surface area (Å²) in [5, 5.41) is 12.0. The van der Waals surface area contributed by atoms with Gasteiger partial charge in [0.25, 0.3) is 0 Å². The van der Waals surface area contributed by atoms with Crippen LogP contribution in [0.2, 0.25) is 0 Å². The van der Waals surface area contributed by atoms with Crippen LogP contribution >= 0.6 is 0 Å². The molecule has 2 atom stereocenters. The highest BCUT2D eigenvalue weighted by Crippen LogP contribution is 2.20. The van der Waals surface area contributed by atoms with Gasteiger partial charge < -0.3 is 10.4 Å². The number of benzene rings is 2. The monoisotopic (exact) mass is 353 g/mol. The summed E-state index contributed by atoms with van der Waals surface area (Å²) >= 11 is 0. The topological polar surface area (TPSA) is 83.5 Å². The molecule has 0 spiro atoms. The average molecular weight is 353 g/mol. The molecule has 0 heterocycles. The largest absolute Gasteiger partial charge is 0.479 e. The molecule has 2 rings (SSSR count). The first kappa shape index (κ1) is 19.4. The predicted octanol–water partition coefficient (Wildman–Crippen LogP) is 3.57. The summed E-state index contributed by atoms with van der Waals surface area (Å²) in [7, 11) is 0. The molecule has 5 heteroatoms. The van der Waals surface area contributed by atoms with Crippen molar-refractivity contribution in [1.82, 2.24) is 5.32 Å². The second kappa shape index (κ2) is 8.43. The molecule has 26 heavy (non-hydrogen) atoms. The van der Waals surface area contributed by atoms with Crippen LogP contribution < -0.4 is 5.32 Å². The van der Waals surface area contributed by atoms with Gasteiger partial charge in [0.1, 0.15) is 0 Å². The fourth-order valence-corrected chi connectivity index (χ4v) is 2.62. The van der Waals surface area contributed by atoms with Crippen LogP contribution in [0.1, 0.15) is 54.2 Å². The highest BCUT2D eigenvalue weighted by atomic mass is 16.4. The van der Waals surface area contributed by atoms with Gasteiger partial charge in [0.05, 0.1) is 5.92 Å². The van der Waals surface area contributed by atoms with Crippen LogP contribution in [-0.4, -0.2) is 22.8 Å². The predicted molar refractivity (Wildman–Crippen MR) is 99.0 cm³/mol. The van der Waals surface area contributed by atoms with E-state index in [1.54, 1.807) is 61.5 Å². The van der Waals surface area contributed by atoms with Crippen molar-refractivity contribution in [2.45, 2.75) is 32.7 Å². The maximum atomic E-state index is 12.5. The Morgan fingerprint density at radius 2 is 1.42 bits per heavy atom. The van der Waals surface area contributed by atoms with Crippen LogP contribution in [-0.2, 0) is 9.59 Å². The third-order valence-corrected chi connectivity index (χ3v) is 4.28. The minimum Gasteiger partial charge on any atom is -0.479 e. The Labute approximate surface area is 153 Å². The number of nitrogens with one attached hydrogen (secondary N) is 1. The summed E-state index contributed by atoms with van der Waals surface area (Å²) in [4.78, 5) is 36.0. The van der Waals surface area contributed by atoms with Crippen molar-refractivity contribution in [2.24, 2.45) is 5.92 Å². The molecule has 0 saturated heterocycles. The molecule has 0 aliphatic carbocycles. The van der Waals surface area contributed by atoms with Crippen LogP contribution in [0.5, 0.6) is 0 Å². The number of aliphatic carboxylic acids is 1. The first-order valence-corrected chi connectivity index (χ1v) is 8.53. The summed E-state index contributed by atoms with van der Waals surface area (Å²) in [5.41, 5.74) is 1.84. The second-order valence-electron chi connectivity index (χ2n) is 6.55. The number of ketones is 1. The van der Waals surface area contributed by atoms with Crippen molar-refractivity contribution in [3.8, 4) is 0 Å². The van der Waals surface area contributed by atoms with E-state index in [1.807, 2.05) is 13.8 Å². The maximum Gasteiger partial charge on any atom is 0.330 e. The van der Waals surface area contributed by atoms with Gasteiger partial charge >= 0.3 is 5.97 Å². The van der Waals surface area contributed by atoms with Gasteiger partial charge in [0, 0.05) is 11.5 Å². The van der Waals surface area contributed by atoms with E-state index >= 15 is 0 Å². The molecular weight excluding hydrogens is 330 g/mol. The second-order valence-corrected chi connectivity index (χ2v) is 6.55. The van der Waals surface area contributed by atoms with Gasteiger partial charge in [0.15, 0.2) is 11.8 Å². The van der Waals surface area contributed by atoms with Gasteiger partial charge in [-0.1, -0.05) is 68.4 Å². The lowest BCUT2D eigenvalue weighted by atomic mass is 9.95. The van der Waals surface area contributed by atoms with Crippen molar-refractivity contribution in [1.29, 1.82) is 0 Å². The molecule has 1 unspecified atom stereocenters. The first-order valence-electron chi connectivity index (χ1n) is 8.53. The van der Waals surface area contributed by atoms with Gasteiger partial charge in [-0.25, -0.2) is 4.79 Å². The smallest absolute Gasteiger partial charge is 0.330 e. The third-order valence-electron chi connectivity index (χ3n) is 4.28. The Morgan fingerprint density at radius 3 is 1.92 bits per heavy atom. The van der Waals surface area contributed by atoms with Gasteiger partial charge in [-0.2, -0.15) is 0 Å². The maximum absolute atomic E-state index is 12.5. The Kier molecular flexibility index (Phi) is 6.28. The molecular formula is C21H23NO4. The Hall–Kier alpha value is -2.95. The van der Waals surface area contributed by atoms with Crippen LogP contribution in [0.4, 0.5) is 0 Å². The van der Waals surface area contributed by atoms with Gasteiger partial charge in [-0.3, -0.25) is 9.59 Å². The number of carbonyl (C=O) groups excluding carboxylic acids is 2. The molecule has 2 aromatic rings. The molecule has 5 nitrogen and oxygen atoms in total. The lowest BCUT2D eigenvalue weighted by Crippen LogP contribution is -2.36. The van der Waals surface area contributed by atoms with Crippen molar-refractivity contribution < 1.29 is 19.5 Å². The molecule has 1 amide bonds. The zero-order valence-electron chi connectivity index (χ0n) is 15.1. The van der Waals surface area contributed by atoms with Crippen LogP contribution in [0, 0.1) is 5.92 Å². The first-order chi connectivity index (χ1) is 12.3. The Balaban J connectivity index is 2.13. The third kappa shape index (κ3) is 4.57. The molecule has 0 fully saturated rings. The van der Waals surface area contributed by atoms with Gasteiger partial charge in [-0.15, -0.1) is 0 Å². The number of Topliss-reactive ketones (excluding diaryl/α,β-unsaturated/α-hetero) is 1. The number of carboxylic acid groups (broad SMARTS) is 1. The molecule has 0 aliphatic rings.